The first kappa shape index (κ1) is 18.0. The molecule has 1 unspecified atom stereocenters. The van der Waals surface area contributed by atoms with Gasteiger partial charge in [0.2, 0.25) is 11.8 Å². The molecule has 0 spiro atoms. The number of anilines is 1. The van der Waals surface area contributed by atoms with E-state index in [0.717, 1.165) is 0 Å². The van der Waals surface area contributed by atoms with Crippen molar-refractivity contribution in [3.8, 4) is 11.5 Å². The summed E-state index contributed by atoms with van der Waals surface area (Å²) in [6, 6.07) is 16.7. The Balaban J connectivity index is 1.77. The van der Waals surface area contributed by atoms with Gasteiger partial charge in [-0.15, -0.1) is 0 Å². The maximum atomic E-state index is 12.9. The third-order valence-corrected chi connectivity index (χ3v) is 4.77. The Morgan fingerprint density at radius 2 is 1.73 bits per heavy atom. The summed E-state index contributed by atoms with van der Waals surface area (Å²) in [6.45, 7) is 6.12. The average molecular weight is 352 g/mol. The molecular formula is C21H24N2O3. The summed E-state index contributed by atoms with van der Waals surface area (Å²) >= 11 is 0. The van der Waals surface area contributed by atoms with Gasteiger partial charge >= 0.3 is 0 Å². The lowest BCUT2D eigenvalue weighted by Crippen LogP contribution is -2.66. The van der Waals surface area contributed by atoms with Crippen molar-refractivity contribution in [2.75, 3.05) is 11.9 Å². The van der Waals surface area contributed by atoms with Crippen LogP contribution in [-0.2, 0) is 9.59 Å². The first-order valence-corrected chi connectivity index (χ1v) is 8.86. The number of ether oxygens (including phenoxy) is 1. The number of benzene rings is 2. The van der Waals surface area contributed by atoms with Crippen molar-refractivity contribution in [2.24, 2.45) is 5.92 Å². The predicted molar refractivity (Wildman–Crippen MR) is 101 cm³/mol. The molecule has 0 radical (unpaired) electrons. The SMILES string of the molecule is CC(C)C(=O)N1CCC1(C)C(=O)Nc1ccccc1Oc1ccccc1. The van der Waals surface area contributed by atoms with Gasteiger partial charge in [-0.2, -0.15) is 0 Å². The maximum absolute atomic E-state index is 12.9. The molecule has 2 aromatic rings. The molecule has 1 atom stereocenters. The number of amides is 2. The Hall–Kier alpha value is -2.82. The lowest BCUT2D eigenvalue weighted by atomic mass is 9.84. The van der Waals surface area contributed by atoms with E-state index in [9.17, 15) is 9.59 Å². The third-order valence-electron chi connectivity index (χ3n) is 4.77. The number of carbonyl (C=O) groups excluding carboxylic acids is 2. The molecular weight excluding hydrogens is 328 g/mol. The lowest BCUT2D eigenvalue weighted by Gasteiger charge is -2.49. The van der Waals surface area contributed by atoms with Crippen molar-refractivity contribution >= 4 is 17.5 Å². The molecule has 0 aromatic heterocycles. The van der Waals surface area contributed by atoms with Crippen LogP contribution in [0.1, 0.15) is 27.2 Å². The molecule has 1 saturated heterocycles. The number of para-hydroxylation sites is 3. The largest absolute Gasteiger partial charge is 0.455 e. The first-order chi connectivity index (χ1) is 12.4. The molecule has 1 N–H and O–H groups in total. The zero-order chi connectivity index (χ0) is 18.7. The third kappa shape index (κ3) is 3.43. The molecule has 5 heteroatoms. The average Bonchev–Trinajstić information content (AvgIpc) is 2.62. The monoisotopic (exact) mass is 352 g/mol. The van der Waals surface area contributed by atoms with Gasteiger partial charge < -0.3 is 15.0 Å². The smallest absolute Gasteiger partial charge is 0.250 e. The highest BCUT2D eigenvalue weighted by Crippen LogP contribution is 2.35. The molecule has 5 nitrogen and oxygen atoms in total. The molecule has 0 saturated carbocycles. The van der Waals surface area contributed by atoms with E-state index >= 15 is 0 Å². The second-order valence-electron chi connectivity index (χ2n) is 7.03. The van der Waals surface area contributed by atoms with Gasteiger partial charge in [-0.05, 0) is 37.6 Å². The van der Waals surface area contributed by atoms with Crippen molar-refractivity contribution < 1.29 is 14.3 Å². The number of likely N-dealkylation sites (tertiary alicyclic amines) is 1. The van der Waals surface area contributed by atoms with Gasteiger partial charge in [0.1, 0.15) is 11.3 Å². The summed E-state index contributed by atoms with van der Waals surface area (Å²) in [5, 5.41) is 2.94. The van der Waals surface area contributed by atoms with E-state index in [-0.39, 0.29) is 17.7 Å². The van der Waals surface area contributed by atoms with Gasteiger partial charge in [-0.1, -0.05) is 44.2 Å². The van der Waals surface area contributed by atoms with Crippen LogP contribution in [0.3, 0.4) is 0 Å². The number of nitrogens with one attached hydrogen (secondary N) is 1. The molecule has 2 aromatic carbocycles. The summed E-state index contributed by atoms with van der Waals surface area (Å²) in [6.07, 6.45) is 0.652. The van der Waals surface area contributed by atoms with Gasteiger partial charge in [0.15, 0.2) is 5.75 Å². The fourth-order valence-electron chi connectivity index (χ4n) is 2.99. The molecule has 136 valence electrons. The summed E-state index contributed by atoms with van der Waals surface area (Å²) < 4.78 is 5.89. The van der Waals surface area contributed by atoms with Crippen LogP contribution in [0.2, 0.25) is 0 Å². The van der Waals surface area contributed by atoms with Crippen LogP contribution < -0.4 is 10.1 Å². The number of hydrogen-bond donors (Lipinski definition) is 1. The van der Waals surface area contributed by atoms with Crippen LogP contribution in [0.15, 0.2) is 54.6 Å². The molecule has 1 fully saturated rings. The second-order valence-corrected chi connectivity index (χ2v) is 7.03. The maximum Gasteiger partial charge on any atom is 0.250 e. The van der Waals surface area contributed by atoms with E-state index in [1.807, 2.05) is 69.3 Å². The van der Waals surface area contributed by atoms with Crippen LogP contribution in [0, 0.1) is 5.92 Å². The quantitative estimate of drug-likeness (QED) is 0.883. The zero-order valence-electron chi connectivity index (χ0n) is 15.4. The zero-order valence-corrected chi connectivity index (χ0v) is 15.4. The van der Waals surface area contributed by atoms with Gasteiger partial charge in [0.05, 0.1) is 5.69 Å². The Kier molecular flexibility index (Phi) is 4.98. The van der Waals surface area contributed by atoms with Crippen LogP contribution in [0.4, 0.5) is 5.69 Å². The van der Waals surface area contributed by atoms with E-state index in [2.05, 4.69) is 5.32 Å². The summed E-state index contributed by atoms with van der Waals surface area (Å²) in [5.74, 6) is 0.943. The second kappa shape index (κ2) is 7.20. The molecule has 1 heterocycles. The number of nitrogens with zero attached hydrogens (tertiary/aromatic N) is 1. The Morgan fingerprint density at radius 3 is 2.35 bits per heavy atom. The molecule has 1 aliphatic heterocycles. The summed E-state index contributed by atoms with van der Waals surface area (Å²) in [7, 11) is 0. The topological polar surface area (TPSA) is 58.6 Å². The van der Waals surface area contributed by atoms with Crippen molar-refractivity contribution in [1.29, 1.82) is 0 Å². The van der Waals surface area contributed by atoms with Gasteiger partial charge in [0, 0.05) is 12.5 Å². The van der Waals surface area contributed by atoms with E-state index < -0.39 is 5.54 Å². The predicted octanol–water partition coefficient (Wildman–Crippen LogP) is 4.06. The summed E-state index contributed by atoms with van der Waals surface area (Å²) in [5.41, 5.74) is -0.229. The van der Waals surface area contributed by atoms with Crippen molar-refractivity contribution in [1.82, 2.24) is 4.90 Å². The fraction of sp³-hybridized carbons (Fsp3) is 0.333. The Bertz CT molecular complexity index is 804. The molecule has 2 amide bonds. The van der Waals surface area contributed by atoms with E-state index in [0.29, 0.717) is 30.2 Å². The highest BCUT2D eigenvalue weighted by atomic mass is 16.5. The molecule has 0 aliphatic carbocycles. The lowest BCUT2D eigenvalue weighted by molar-refractivity contribution is -0.157. The van der Waals surface area contributed by atoms with Gasteiger partial charge in [0.25, 0.3) is 0 Å². The van der Waals surface area contributed by atoms with Crippen molar-refractivity contribution in [2.45, 2.75) is 32.7 Å². The first-order valence-electron chi connectivity index (χ1n) is 8.86. The number of carbonyl (C=O) groups is 2. The van der Waals surface area contributed by atoms with Gasteiger partial charge in [-0.3, -0.25) is 9.59 Å². The highest BCUT2D eigenvalue weighted by Gasteiger charge is 2.49. The minimum absolute atomic E-state index is 0.00252. The molecule has 26 heavy (non-hydrogen) atoms. The minimum Gasteiger partial charge on any atom is -0.455 e. The number of rotatable bonds is 5. The van der Waals surface area contributed by atoms with Crippen LogP contribution in [0.5, 0.6) is 11.5 Å². The van der Waals surface area contributed by atoms with Crippen LogP contribution >= 0.6 is 0 Å². The standard InChI is InChI=1S/C21H24N2O3/c1-15(2)19(24)23-14-13-21(23,3)20(25)22-17-11-7-8-12-18(17)26-16-9-5-4-6-10-16/h4-12,15H,13-14H2,1-3H3,(H,22,25). The molecule has 0 bridgehead atoms. The molecule has 3 rings (SSSR count). The Labute approximate surface area is 154 Å². The van der Waals surface area contributed by atoms with Gasteiger partial charge in [-0.25, -0.2) is 0 Å². The Morgan fingerprint density at radius 1 is 1.08 bits per heavy atom. The van der Waals surface area contributed by atoms with Crippen LogP contribution in [-0.4, -0.2) is 28.8 Å². The number of hydrogen-bond acceptors (Lipinski definition) is 3. The summed E-state index contributed by atoms with van der Waals surface area (Å²) in [4.78, 5) is 26.9. The highest BCUT2D eigenvalue weighted by molar-refractivity contribution is 6.02. The normalized spacial score (nSPS) is 19.0. The minimum atomic E-state index is -0.818. The van der Waals surface area contributed by atoms with Crippen LogP contribution in [0.25, 0.3) is 0 Å². The van der Waals surface area contributed by atoms with E-state index in [1.165, 1.54) is 0 Å². The molecule has 1 aliphatic rings. The van der Waals surface area contributed by atoms with Crippen molar-refractivity contribution in [3.05, 3.63) is 54.6 Å². The van der Waals surface area contributed by atoms with E-state index in [1.54, 1.807) is 11.0 Å². The van der Waals surface area contributed by atoms with E-state index in [4.69, 9.17) is 4.74 Å². The fourth-order valence-corrected chi connectivity index (χ4v) is 2.99. The van der Waals surface area contributed by atoms with Crippen molar-refractivity contribution in [3.63, 3.8) is 0 Å².